The van der Waals surface area contributed by atoms with E-state index in [1.54, 1.807) is 12.4 Å². The van der Waals surface area contributed by atoms with Crippen molar-refractivity contribution in [2.24, 2.45) is 17.3 Å². The first-order chi connectivity index (χ1) is 14.3. The maximum absolute atomic E-state index is 14.5. The van der Waals surface area contributed by atoms with E-state index >= 15 is 0 Å². The molecular formula is C23H28FN5O. The number of rotatable bonds is 5. The summed E-state index contributed by atoms with van der Waals surface area (Å²) in [5.41, 5.74) is 1.61. The molecule has 1 fully saturated rings. The Kier molecular flexibility index (Phi) is 5.62. The lowest BCUT2D eigenvalue weighted by molar-refractivity contribution is -0.127. The van der Waals surface area contributed by atoms with Gasteiger partial charge in [-0.2, -0.15) is 0 Å². The predicted octanol–water partition coefficient (Wildman–Crippen LogP) is 4.91. The third kappa shape index (κ3) is 4.40. The Morgan fingerprint density at radius 3 is 2.80 bits per heavy atom. The molecule has 6 nitrogen and oxygen atoms in total. The number of fused-ring (bicyclic) bond motifs is 1. The lowest BCUT2D eigenvalue weighted by Gasteiger charge is -2.30. The Balaban J connectivity index is 1.51. The molecule has 0 bridgehead atoms. The average Bonchev–Trinajstić information content (AvgIpc) is 3.13. The standard InChI is InChI=1S/C23H28FN5O/c1-23(2,3)20(30)9-15-6-4-5-14(7-15)8-19-18(24)12-27-22(29-19)17-11-26-21-16(17)10-25-13-28-21/h10-15H,4-9H2,1-3H3,(H,25,26,28)/t14-,15+/m1/s1. The average molecular weight is 410 g/mol. The van der Waals surface area contributed by atoms with Crippen LogP contribution < -0.4 is 0 Å². The molecule has 3 aromatic heterocycles. The molecule has 158 valence electrons. The molecule has 4 rings (SSSR count). The second-order valence-electron chi connectivity index (χ2n) is 9.46. The quantitative estimate of drug-likeness (QED) is 0.647. The fourth-order valence-electron chi connectivity index (χ4n) is 4.34. The van der Waals surface area contributed by atoms with E-state index in [2.05, 4.69) is 24.9 Å². The van der Waals surface area contributed by atoms with Crippen LogP contribution in [0.2, 0.25) is 0 Å². The van der Waals surface area contributed by atoms with E-state index in [9.17, 15) is 9.18 Å². The number of aromatic nitrogens is 5. The minimum Gasteiger partial charge on any atom is -0.345 e. The van der Waals surface area contributed by atoms with Crippen LogP contribution in [-0.4, -0.2) is 30.7 Å². The summed E-state index contributed by atoms with van der Waals surface area (Å²) < 4.78 is 14.5. The Morgan fingerprint density at radius 2 is 2.00 bits per heavy atom. The van der Waals surface area contributed by atoms with Gasteiger partial charge >= 0.3 is 0 Å². The van der Waals surface area contributed by atoms with E-state index in [4.69, 9.17) is 0 Å². The van der Waals surface area contributed by atoms with Crippen LogP contribution >= 0.6 is 0 Å². The van der Waals surface area contributed by atoms with Gasteiger partial charge in [0, 0.05) is 35.2 Å². The smallest absolute Gasteiger partial charge is 0.163 e. The zero-order valence-corrected chi connectivity index (χ0v) is 17.8. The molecule has 1 saturated carbocycles. The summed E-state index contributed by atoms with van der Waals surface area (Å²) in [7, 11) is 0. The molecule has 1 aliphatic rings. The number of ketones is 1. The molecule has 0 unspecified atom stereocenters. The molecule has 7 heteroatoms. The first kappa shape index (κ1) is 20.6. The summed E-state index contributed by atoms with van der Waals surface area (Å²) in [4.78, 5) is 32.5. The van der Waals surface area contributed by atoms with Crippen molar-refractivity contribution in [3.8, 4) is 11.4 Å². The fourth-order valence-corrected chi connectivity index (χ4v) is 4.34. The minimum atomic E-state index is -0.372. The summed E-state index contributed by atoms with van der Waals surface area (Å²) in [6.07, 6.45) is 11.5. The molecule has 0 aliphatic heterocycles. The molecule has 1 N–H and O–H groups in total. The van der Waals surface area contributed by atoms with Crippen LogP contribution in [0.15, 0.2) is 24.9 Å². The topological polar surface area (TPSA) is 84.4 Å². The van der Waals surface area contributed by atoms with Crippen molar-refractivity contribution in [3.63, 3.8) is 0 Å². The minimum absolute atomic E-state index is 0.302. The van der Waals surface area contributed by atoms with Crippen molar-refractivity contribution in [1.82, 2.24) is 24.9 Å². The molecular weight excluding hydrogens is 381 g/mol. The van der Waals surface area contributed by atoms with Crippen molar-refractivity contribution in [2.75, 3.05) is 0 Å². The number of Topliss-reactive ketones (excluding diaryl/α,β-unsaturated/α-hetero) is 1. The molecule has 1 aliphatic carbocycles. The van der Waals surface area contributed by atoms with E-state index in [0.717, 1.165) is 36.6 Å². The maximum atomic E-state index is 14.5. The molecule has 0 spiro atoms. The van der Waals surface area contributed by atoms with Crippen LogP contribution in [0.3, 0.4) is 0 Å². The van der Waals surface area contributed by atoms with E-state index in [0.29, 0.717) is 47.6 Å². The summed E-state index contributed by atoms with van der Waals surface area (Å²) in [6, 6.07) is 0. The van der Waals surface area contributed by atoms with E-state index < -0.39 is 0 Å². The fraction of sp³-hybridized carbons (Fsp3) is 0.522. The predicted molar refractivity (Wildman–Crippen MR) is 113 cm³/mol. The normalized spacial score (nSPS) is 19.9. The highest BCUT2D eigenvalue weighted by atomic mass is 19.1. The van der Waals surface area contributed by atoms with E-state index in [1.807, 2.05) is 20.8 Å². The second kappa shape index (κ2) is 8.20. The zero-order chi connectivity index (χ0) is 21.3. The molecule has 0 radical (unpaired) electrons. The third-order valence-corrected chi connectivity index (χ3v) is 6.10. The van der Waals surface area contributed by atoms with Crippen molar-refractivity contribution in [3.05, 3.63) is 36.4 Å². The van der Waals surface area contributed by atoms with Gasteiger partial charge in [0.05, 0.1) is 11.9 Å². The van der Waals surface area contributed by atoms with Crippen molar-refractivity contribution < 1.29 is 9.18 Å². The number of hydrogen-bond donors (Lipinski definition) is 1. The van der Waals surface area contributed by atoms with Gasteiger partial charge in [0.15, 0.2) is 11.6 Å². The Hall–Kier alpha value is -2.70. The number of halogens is 1. The van der Waals surface area contributed by atoms with E-state index in [1.165, 1.54) is 12.5 Å². The highest BCUT2D eigenvalue weighted by Crippen LogP contribution is 2.35. The van der Waals surface area contributed by atoms with Crippen LogP contribution in [0, 0.1) is 23.1 Å². The lowest BCUT2D eigenvalue weighted by Crippen LogP contribution is -2.26. The van der Waals surface area contributed by atoms with Gasteiger partial charge in [-0.1, -0.05) is 40.0 Å². The summed E-state index contributed by atoms with van der Waals surface area (Å²) in [6.45, 7) is 5.93. The molecule has 3 aromatic rings. The first-order valence-electron chi connectivity index (χ1n) is 10.6. The molecule has 0 amide bonds. The number of hydrogen-bond acceptors (Lipinski definition) is 5. The van der Waals surface area contributed by atoms with E-state index in [-0.39, 0.29) is 11.2 Å². The Labute approximate surface area is 175 Å². The molecule has 0 aromatic carbocycles. The van der Waals surface area contributed by atoms with Gasteiger partial charge < -0.3 is 4.98 Å². The van der Waals surface area contributed by atoms with Gasteiger partial charge in [0.1, 0.15) is 17.8 Å². The largest absolute Gasteiger partial charge is 0.345 e. The lowest BCUT2D eigenvalue weighted by atomic mass is 9.75. The van der Waals surface area contributed by atoms with Crippen molar-refractivity contribution >= 4 is 16.8 Å². The van der Waals surface area contributed by atoms with Gasteiger partial charge in [-0.05, 0) is 24.7 Å². The molecule has 0 saturated heterocycles. The summed E-state index contributed by atoms with van der Waals surface area (Å²) in [5.74, 6) is 1.13. The van der Waals surface area contributed by atoms with Gasteiger partial charge in [0.25, 0.3) is 0 Å². The maximum Gasteiger partial charge on any atom is 0.163 e. The number of H-pyrrole nitrogens is 1. The number of nitrogens with one attached hydrogen (secondary N) is 1. The molecule has 30 heavy (non-hydrogen) atoms. The van der Waals surface area contributed by atoms with Gasteiger partial charge in [0.2, 0.25) is 0 Å². The third-order valence-electron chi connectivity index (χ3n) is 6.10. The zero-order valence-electron chi connectivity index (χ0n) is 17.8. The van der Waals surface area contributed by atoms with Crippen molar-refractivity contribution in [2.45, 2.75) is 59.3 Å². The SMILES string of the molecule is CC(C)(C)C(=O)C[C@H]1CCC[C@@H](Cc2nc(-c3c[nH]c4ncncc34)ncc2F)C1. The number of carbonyl (C=O) groups excluding carboxylic acids is 1. The van der Waals surface area contributed by atoms with Crippen LogP contribution in [0.25, 0.3) is 22.4 Å². The summed E-state index contributed by atoms with van der Waals surface area (Å²) >= 11 is 0. The monoisotopic (exact) mass is 409 g/mol. The van der Waals surface area contributed by atoms with Gasteiger partial charge in [-0.3, -0.25) is 4.79 Å². The summed E-state index contributed by atoms with van der Waals surface area (Å²) in [5, 5.41) is 0.813. The van der Waals surface area contributed by atoms with Crippen LogP contribution in [0.5, 0.6) is 0 Å². The molecule has 2 atom stereocenters. The number of carbonyl (C=O) groups is 1. The number of aromatic amines is 1. The van der Waals surface area contributed by atoms with Crippen LogP contribution in [0.4, 0.5) is 4.39 Å². The highest BCUT2D eigenvalue weighted by Gasteiger charge is 2.29. The second-order valence-corrected chi connectivity index (χ2v) is 9.46. The van der Waals surface area contributed by atoms with Gasteiger partial charge in [-0.25, -0.2) is 24.3 Å². The first-order valence-corrected chi connectivity index (χ1v) is 10.6. The van der Waals surface area contributed by atoms with Gasteiger partial charge in [-0.15, -0.1) is 0 Å². The van der Waals surface area contributed by atoms with Crippen LogP contribution in [0.1, 0.15) is 58.6 Å². The molecule has 3 heterocycles. The Bertz CT molecular complexity index is 1060. The highest BCUT2D eigenvalue weighted by molar-refractivity contribution is 5.90. The van der Waals surface area contributed by atoms with Crippen molar-refractivity contribution in [1.29, 1.82) is 0 Å². The number of nitrogens with zero attached hydrogens (tertiary/aromatic N) is 4. The Morgan fingerprint density at radius 1 is 1.20 bits per heavy atom. The van der Waals surface area contributed by atoms with Crippen LogP contribution in [-0.2, 0) is 11.2 Å².